The van der Waals surface area contributed by atoms with Crippen LogP contribution in [0.4, 0.5) is 5.82 Å². The number of hydrogen-bond donors (Lipinski definition) is 1. The van der Waals surface area contributed by atoms with Gasteiger partial charge in [0.05, 0.1) is 24.1 Å². The molecule has 7 nitrogen and oxygen atoms in total. The SMILES string of the molecule is N#Cc1cccnc1N1CCC(NCC(=O)N2CSC[C@H]2C#N)CC1. The number of pyridine rings is 1. The van der Waals surface area contributed by atoms with E-state index in [1.165, 1.54) is 0 Å². The molecule has 0 unspecified atom stereocenters. The van der Waals surface area contributed by atoms with Crippen molar-refractivity contribution in [2.24, 2.45) is 0 Å². The van der Waals surface area contributed by atoms with Crippen LogP contribution in [0.2, 0.25) is 0 Å². The first kappa shape index (κ1) is 17.5. The van der Waals surface area contributed by atoms with Crippen molar-refractivity contribution in [3.8, 4) is 12.1 Å². The summed E-state index contributed by atoms with van der Waals surface area (Å²) in [5.41, 5.74) is 0.596. The van der Waals surface area contributed by atoms with Gasteiger partial charge in [-0.1, -0.05) is 0 Å². The van der Waals surface area contributed by atoms with E-state index in [2.05, 4.69) is 27.3 Å². The van der Waals surface area contributed by atoms with Crippen molar-refractivity contribution in [3.05, 3.63) is 23.9 Å². The lowest BCUT2D eigenvalue weighted by molar-refractivity contribution is -0.129. The maximum absolute atomic E-state index is 12.3. The van der Waals surface area contributed by atoms with E-state index in [9.17, 15) is 10.1 Å². The number of amides is 1. The zero-order valence-corrected chi connectivity index (χ0v) is 14.7. The van der Waals surface area contributed by atoms with Crippen LogP contribution in [-0.4, -0.2) is 59.1 Å². The molecule has 3 heterocycles. The van der Waals surface area contributed by atoms with E-state index in [1.54, 1.807) is 35.0 Å². The van der Waals surface area contributed by atoms with Crippen LogP contribution in [0.25, 0.3) is 0 Å². The summed E-state index contributed by atoms with van der Waals surface area (Å²) in [6, 6.07) is 7.90. The number of nitrogens with zero attached hydrogens (tertiary/aromatic N) is 5. The Bertz CT molecular complexity index is 704. The lowest BCUT2D eigenvalue weighted by Crippen LogP contribution is -2.47. The molecule has 0 aliphatic carbocycles. The highest BCUT2D eigenvalue weighted by molar-refractivity contribution is 7.99. The van der Waals surface area contributed by atoms with Crippen LogP contribution < -0.4 is 10.2 Å². The molecule has 0 radical (unpaired) electrons. The van der Waals surface area contributed by atoms with E-state index in [4.69, 9.17) is 5.26 Å². The largest absolute Gasteiger partial charge is 0.355 e. The molecule has 0 aromatic carbocycles. The van der Waals surface area contributed by atoms with Crippen LogP contribution in [0.5, 0.6) is 0 Å². The van der Waals surface area contributed by atoms with Gasteiger partial charge in [0.1, 0.15) is 17.9 Å². The molecule has 0 bridgehead atoms. The van der Waals surface area contributed by atoms with Gasteiger partial charge in [-0.3, -0.25) is 4.79 Å². The summed E-state index contributed by atoms with van der Waals surface area (Å²) >= 11 is 1.62. The van der Waals surface area contributed by atoms with Gasteiger partial charge in [0.2, 0.25) is 5.91 Å². The average molecular weight is 356 g/mol. The lowest BCUT2D eigenvalue weighted by atomic mass is 10.0. The van der Waals surface area contributed by atoms with Gasteiger partial charge in [-0.15, -0.1) is 11.8 Å². The van der Waals surface area contributed by atoms with Crippen LogP contribution in [-0.2, 0) is 4.79 Å². The van der Waals surface area contributed by atoms with Gasteiger partial charge in [-0.2, -0.15) is 10.5 Å². The fraction of sp³-hybridized carbons (Fsp3) is 0.529. The smallest absolute Gasteiger partial charge is 0.238 e. The Morgan fingerprint density at radius 2 is 2.20 bits per heavy atom. The first-order valence-electron chi connectivity index (χ1n) is 8.33. The molecular weight excluding hydrogens is 336 g/mol. The van der Waals surface area contributed by atoms with Crippen LogP contribution in [0.3, 0.4) is 0 Å². The number of piperidine rings is 1. The number of carbonyl (C=O) groups excluding carboxylic acids is 1. The molecule has 0 saturated carbocycles. The average Bonchev–Trinajstić information content (AvgIpc) is 3.15. The molecule has 3 rings (SSSR count). The summed E-state index contributed by atoms with van der Waals surface area (Å²) in [4.78, 5) is 20.4. The van der Waals surface area contributed by atoms with Crippen LogP contribution in [0.15, 0.2) is 18.3 Å². The number of rotatable bonds is 4. The van der Waals surface area contributed by atoms with Gasteiger partial charge >= 0.3 is 0 Å². The van der Waals surface area contributed by atoms with E-state index < -0.39 is 0 Å². The number of thioether (sulfide) groups is 1. The van der Waals surface area contributed by atoms with Gasteiger partial charge in [-0.25, -0.2) is 4.98 Å². The fourth-order valence-electron chi connectivity index (χ4n) is 3.16. The Kier molecular flexibility index (Phi) is 5.75. The summed E-state index contributed by atoms with van der Waals surface area (Å²) in [5.74, 6) is 2.04. The molecule has 130 valence electrons. The summed E-state index contributed by atoms with van der Waals surface area (Å²) in [5, 5.41) is 21.6. The Morgan fingerprint density at radius 1 is 1.40 bits per heavy atom. The molecule has 2 saturated heterocycles. The molecule has 1 amide bonds. The van der Waals surface area contributed by atoms with E-state index in [1.807, 2.05) is 0 Å². The maximum Gasteiger partial charge on any atom is 0.238 e. The molecule has 1 N–H and O–H groups in total. The molecule has 25 heavy (non-hydrogen) atoms. The molecule has 8 heteroatoms. The highest BCUT2D eigenvalue weighted by atomic mass is 32.2. The van der Waals surface area contributed by atoms with Crippen molar-refractivity contribution in [3.63, 3.8) is 0 Å². The second-order valence-electron chi connectivity index (χ2n) is 6.14. The topological polar surface area (TPSA) is 96.1 Å². The second-order valence-corrected chi connectivity index (χ2v) is 7.14. The zero-order valence-electron chi connectivity index (χ0n) is 13.9. The predicted octanol–water partition coefficient (Wildman–Crippen LogP) is 0.937. The molecule has 1 atom stereocenters. The minimum atomic E-state index is -0.297. The normalized spacial score (nSPS) is 21.0. The maximum atomic E-state index is 12.3. The highest BCUT2D eigenvalue weighted by Crippen LogP contribution is 2.22. The first-order valence-corrected chi connectivity index (χ1v) is 9.48. The van der Waals surface area contributed by atoms with Gasteiger partial charge in [0, 0.05) is 31.1 Å². The summed E-state index contributed by atoms with van der Waals surface area (Å²) in [6.07, 6.45) is 3.50. The fourth-order valence-corrected chi connectivity index (χ4v) is 4.26. The van der Waals surface area contributed by atoms with E-state index in [0.717, 1.165) is 31.7 Å². The van der Waals surface area contributed by atoms with Gasteiger partial charge in [-0.05, 0) is 25.0 Å². The Labute approximate surface area is 151 Å². The Hall–Kier alpha value is -2.29. The van der Waals surface area contributed by atoms with Crippen molar-refractivity contribution in [1.82, 2.24) is 15.2 Å². The van der Waals surface area contributed by atoms with Crippen molar-refractivity contribution in [2.45, 2.75) is 24.9 Å². The van der Waals surface area contributed by atoms with E-state index in [-0.39, 0.29) is 24.5 Å². The van der Waals surface area contributed by atoms with Crippen molar-refractivity contribution in [1.29, 1.82) is 10.5 Å². The third kappa shape index (κ3) is 4.04. The van der Waals surface area contributed by atoms with Crippen LogP contribution >= 0.6 is 11.8 Å². The highest BCUT2D eigenvalue weighted by Gasteiger charge is 2.29. The minimum Gasteiger partial charge on any atom is -0.355 e. The number of anilines is 1. The van der Waals surface area contributed by atoms with Crippen LogP contribution in [0.1, 0.15) is 18.4 Å². The minimum absolute atomic E-state index is 0.00419. The zero-order chi connectivity index (χ0) is 17.6. The predicted molar refractivity (Wildman–Crippen MR) is 95.8 cm³/mol. The number of hydrogen-bond acceptors (Lipinski definition) is 7. The molecular formula is C17H20N6OS. The molecule has 1 aromatic rings. The van der Waals surface area contributed by atoms with Crippen LogP contribution in [0, 0.1) is 22.7 Å². The van der Waals surface area contributed by atoms with Crippen molar-refractivity contribution in [2.75, 3.05) is 36.2 Å². The van der Waals surface area contributed by atoms with Gasteiger partial charge in [0.25, 0.3) is 0 Å². The second kappa shape index (κ2) is 8.19. The summed E-state index contributed by atoms with van der Waals surface area (Å²) < 4.78 is 0. The number of aromatic nitrogens is 1. The van der Waals surface area contributed by atoms with Gasteiger partial charge < -0.3 is 15.1 Å². The van der Waals surface area contributed by atoms with E-state index >= 15 is 0 Å². The quantitative estimate of drug-likeness (QED) is 0.857. The third-order valence-electron chi connectivity index (χ3n) is 4.60. The Balaban J connectivity index is 1.48. The monoisotopic (exact) mass is 356 g/mol. The van der Waals surface area contributed by atoms with E-state index in [0.29, 0.717) is 17.2 Å². The molecule has 0 spiro atoms. The lowest BCUT2D eigenvalue weighted by Gasteiger charge is -2.33. The molecule has 2 aliphatic rings. The molecule has 1 aromatic heterocycles. The third-order valence-corrected chi connectivity index (χ3v) is 5.61. The van der Waals surface area contributed by atoms with Crippen molar-refractivity contribution < 1.29 is 4.79 Å². The Morgan fingerprint density at radius 3 is 2.92 bits per heavy atom. The number of carbonyl (C=O) groups is 1. The summed E-state index contributed by atoms with van der Waals surface area (Å²) in [7, 11) is 0. The van der Waals surface area contributed by atoms with Crippen molar-refractivity contribution >= 4 is 23.5 Å². The number of nitriles is 2. The van der Waals surface area contributed by atoms with Gasteiger partial charge in [0.15, 0.2) is 0 Å². The standard InChI is InChI=1S/C17H20N6OS/c18-8-13-2-1-5-20-17(13)22-6-3-14(4-7-22)21-10-16(24)23-12-25-11-15(23)9-19/h1-2,5,14-15,21H,3-4,6-7,10-12H2/t15-/m1/s1. The number of nitrogens with one attached hydrogen (secondary N) is 1. The molecule has 2 fully saturated rings. The molecule has 2 aliphatic heterocycles. The summed E-state index contributed by atoms with van der Waals surface area (Å²) in [6.45, 7) is 1.88. The first-order chi connectivity index (χ1) is 12.2.